The van der Waals surface area contributed by atoms with Gasteiger partial charge in [0.1, 0.15) is 4.49 Å². The summed E-state index contributed by atoms with van der Waals surface area (Å²) in [5, 5.41) is 0. The van der Waals surface area contributed by atoms with Gasteiger partial charge in [0, 0.05) is 22.3 Å². The van der Waals surface area contributed by atoms with Crippen LogP contribution in [0.25, 0.3) is 0 Å². The lowest BCUT2D eigenvalue weighted by Gasteiger charge is -2.14. The summed E-state index contributed by atoms with van der Waals surface area (Å²) in [4.78, 5) is 17.2. The molecule has 0 fully saturated rings. The first kappa shape index (κ1) is 16.6. The van der Waals surface area contributed by atoms with Gasteiger partial charge in [-0.1, -0.05) is 30.1 Å². The van der Waals surface area contributed by atoms with Crippen molar-refractivity contribution in [2.24, 2.45) is 0 Å². The van der Waals surface area contributed by atoms with Crippen molar-refractivity contribution >= 4 is 41.8 Å². The molecule has 96 valence electrons. The summed E-state index contributed by atoms with van der Waals surface area (Å²) in [7, 11) is -5.65. The lowest BCUT2D eigenvalue weighted by Crippen LogP contribution is -2.13. The minimum atomic E-state index is -4.61. The highest BCUT2D eigenvalue weighted by Crippen LogP contribution is 2.39. The van der Waals surface area contributed by atoms with Gasteiger partial charge in [0.25, 0.3) is 0 Å². The van der Waals surface area contributed by atoms with Gasteiger partial charge in [0.05, 0.1) is 6.10 Å². The van der Waals surface area contributed by atoms with Crippen LogP contribution in [0.4, 0.5) is 0 Å². The van der Waals surface area contributed by atoms with Crippen molar-refractivity contribution in [3.8, 4) is 0 Å². The van der Waals surface area contributed by atoms with Crippen molar-refractivity contribution in [2.45, 2.75) is 19.4 Å². The van der Waals surface area contributed by atoms with Gasteiger partial charge in [0.15, 0.2) is 0 Å². The van der Waals surface area contributed by atoms with Gasteiger partial charge in [-0.05, 0) is 12.5 Å². The zero-order chi connectivity index (χ0) is 12.8. The highest BCUT2D eigenvalue weighted by molar-refractivity contribution is 7.84. The predicted molar refractivity (Wildman–Crippen MR) is 64.9 cm³/mol. The second-order valence-electron chi connectivity index (χ2n) is 2.81. The first-order chi connectivity index (χ1) is 7.24. The maximum atomic E-state index is 11.1. The Balaban J connectivity index is 4.39. The highest BCUT2D eigenvalue weighted by Gasteiger charge is 2.21. The van der Waals surface area contributed by atoms with E-state index in [1.54, 1.807) is 6.92 Å². The quantitative estimate of drug-likeness (QED) is 0.702. The molecule has 0 amide bonds. The van der Waals surface area contributed by atoms with E-state index >= 15 is 0 Å². The molecule has 0 aromatic rings. The fourth-order valence-electron chi connectivity index (χ4n) is 0.875. The Bertz CT molecular complexity index is 312. The van der Waals surface area contributed by atoms with Crippen LogP contribution in [0.3, 0.4) is 0 Å². The van der Waals surface area contributed by atoms with E-state index in [-0.39, 0.29) is 16.7 Å². The van der Waals surface area contributed by atoms with Gasteiger partial charge in [-0.2, -0.15) is 0 Å². The molecule has 0 aliphatic heterocycles. The van der Waals surface area contributed by atoms with Crippen LogP contribution in [-0.4, -0.2) is 31.6 Å². The van der Waals surface area contributed by atoms with E-state index < -0.39 is 24.7 Å². The molecule has 16 heavy (non-hydrogen) atoms. The minimum Gasteiger partial charge on any atom is -0.303 e. The molecule has 9 heteroatoms. The summed E-state index contributed by atoms with van der Waals surface area (Å²) in [6.07, 6.45) is 0.394. The van der Waals surface area contributed by atoms with Crippen LogP contribution in [0.2, 0.25) is 0 Å². The van der Waals surface area contributed by atoms with Gasteiger partial charge in [-0.25, -0.2) is 4.57 Å². The van der Waals surface area contributed by atoms with Gasteiger partial charge in [-0.15, -0.1) is 0 Å². The second-order valence-corrected chi connectivity index (χ2v) is 6.88. The Labute approximate surface area is 106 Å². The Morgan fingerprint density at radius 2 is 2.12 bits per heavy atom. The van der Waals surface area contributed by atoms with E-state index in [4.69, 9.17) is 33.0 Å². The molecule has 0 aliphatic carbocycles. The predicted octanol–water partition coefficient (Wildman–Crippen LogP) is 1.94. The fraction of sp³-hybridized carbons (Fsp3) is 0.714. The summed E-state index contributed by atoms with van der Waals surface area (Å²) in [6.45, 7) is 1.75. The zero-order valence-corrected chi connectivity index (χ0v) is 11.7. The molecule has 0 aromatic carbocycles. The molecule has 0 saturated carbocycles. The first-order valence-corrected chi connectivity index (χ1v) is 8.13. The van der Waals surface area contributed by atoms with Crippen molar-refractivity contribution in [3.05, 3.63) is 10.6 Å². The molecule has 0 spiro atoms. The molecule has 0 rings (SSSR count). The third-order valence-corrected chi connectivity index (χ3v) is 3.67. The topological polar surface area (TPSA) is 83.8 Å². The minimum absolute atomic E-state index is 0.152. The highest BCUT2D eigenvalue weighted by atomic mass is 35.5. The standard InChI is InChI=1S/C7H13Cl2O5PS/c1-2-16(13)4-3-6(5-7(8)9)14-15(10,11)12/h5-6H,2-4H2,1H3,(H2,10,11,12). The first-order valence-electron chi connectivity index (χ1n) is 4.36. The van der Waals surface area contributed by atoms with Crippen LogP contribution in [0.1, 0.15) is 13.3 Å². The summed E-state index contributed by atoms with van der Waals surface area (Å²) in [5.74, 6) is 0.736. The van der Waals surface area contributed by atoms with E-state index in [1.165, 1.54) is 0 Å². The molecular weight excluding hydrogens is 298 g/mol. The van der Waals surface area contributed by atoms with Crippen molar-refractivity contribution in [1.29, 1.82) is 0 Å². The maximum absolute atomic E-state index is 11.1. The van der Waals surface area contributed by atoms with Crippen LogP contribution >= 0.6 is 31.0 Å². The SMILES string of the molecule is CCS(=O)CCC(C=C(Cl)Cl)OP(=O)(O)O. The summed E-state index contributed by atoms with van der Waals surface area (Å²) >= 11 is 10.7. The Hall–Kier alpha value is 0.580. The summed E-state index contributed by atoms with van der Waals surface area (Å²) in [5.41, 5.74) is 0. The van der Waals surface area contributed by atoms with Crippen molar-refractivity contribution in [2.75, 3.05) is 11.5 Å². The van der Waals surface area contributed by atoms with Crippen LogP contribution in [0, 0.1) is 0 Å². The lowest BCUT2D eigenvalue weighted by atomic mass is 10.3. The number of halogens is 2. The van der Waals surface area contributed by atoms with Crippen LogP contribution < -0.4 is 0 Å². The summed E-state index contributed by atoms with van der Waals surface area (Å²) < 4.78 is 26.0. The number of hydrogen-bond donors (Lipinski definition) is 2. The molecule has 2 N–H and O–H groups in total. The smallest absolute Gasteiger partial charge is 0.303 e. The lowest BCUT2D eigenvalue weighted by molar-refractivity contribution is 0.159. The van der Waals surface area contributed by atoms with Gasteiger partial charge in [0.2, 0.25) is 0 Å². The third-order valence-electron chi connectivity index (χ3n) is 1.54. The molecule has 2 unspecified atom stereocenters. The molecule has 0 bridgehead atoms. The summed E-state index contributed by atoms with van der Waals surface area (Å²) in [6, 6.07) is 0. The van der Waals surface area contributed by atoms with E-state index in [1.807, 2.05) is 0 Å². The number of phosphoric ester groups is 1. The van der Waals surface area contributed by atoms with E-state index in [0.29, 0.717) is 5.75 Å². The molecule has 0 radical (unpaired) electrons. The molecule has 0 aromatic heterocycles. The van der Waals surface area contributed by atoms with Crippen LogP contribution in [0.15, 0.2) is 10.6 Å². The third kappa shape index (κ3) is 9.78. The van der Waals surface area contributed by atoms with Crippen molar-refractivity contribution in [1.82, 2.24) is 0 Å². The van der Waals surface area contributed by atoms with E-state index in [0.717, 1.165) is 6.08 Å². The maximum Gasteiger partial charge on any atom is 0.470 e. The Morgan fingerprint density at radius 3 is 2.50 bits per heavy atom. The van der Waals surface area contributed by atoms with Gasteiger partial charge < -0.3 is 9.79 Å². The largest absolute Gasteiger partial charge is 0.470 e. The fourth-order valence-corrected chi connectivity index (χ4v) is 2.46. The van der Waals surface area contributed by atoms with Gasteiger partial charge >= 0.3 is 7.82 Å². The van der Waals surface area contributed by atoms with Gasteiger partial charge in [-0.3, -0.25) is 8.73 Å². The molecule has 2 atom stereocenters. The average Bonchev–Trinajstić information content (AvgIpc) is 2.10. The average molecular weight is 311 g/mol. The Morgan fingerprint density at radius 1 is 1.56 bits per heavy atom. The monoisotopic (exact) mass is 310 g/mol. The molecule has 0 saturated heterocycles. The van der Waals surface area contributed by atoms with Crippen molar-refractivity contribution < 1.29 is 23.1 Å². The Kier molecular flexibility index (Phi) is 8.10. The number of phosphoric acid groups is 1. The molecule has 0 heterocycles. The number of rotatable bonds is 7. The zero-order valence-electron chi connectivity index (χ0n) is 8.51. The normalized spacial score (nSPS) is 15.6. The molecule has 5 nitrogen and oxygen atoms in total. The van der Waals surface area contributed by atoms with Crippen LogP contribution in [0.5, 0.6) is 0 Å². The van der Waals surface area contributed by atoms with Crippen molar-refractivity contribution in [3.63, 3.8) is 0 Å². The second kappa shape index (κ2) is 7.82. The van der Waals surface area contributed by atoms with E-state index in [9.17, 15) is 8.77 Å². The number of hydrogen-bond acceptors (Lipinski definition) is 3. The van der Waals surface area contributed by atoms with E-state index in [2.05, 4.69) is 4.52 Å². The molecular formula is C7H13Cl2O5PS. The molecule has 0 aliphatic rings. The van der Waals surface area contributed by atoms with Crippen LogP contribution in [-0.2, 0) is 19.9 Å².